The number of halogens is 1. The number of non-ortho nitro benzene ring substituents is 1. The van der Waals surface area contributed by atoms with Crippen molar-refractivity contribution in [2.45, 2.75) is 64.6 Å². The number of guanidine groups is 1. The first-order valence-electron chi connectivity index (χ1n) is 11.3. The van der Waals surface area contributed by atoms with Crippen molar-refractivity contribution in [3.63, 3.8) is 0 Å². The van der Waals surface area contributed by atoms with Gasteiger partial charge in [-0.25, -0.2) is 4.79 Å². The molecule has 0 bridgehead atoms. The van der Waals surface area contributed by atoms with E-state index in [-0.39, 0.29) is 41.8 Å². The van der Waals surface area contributed by atoms with Gasteiger partial charge in [-0.05, 0) is 57.9 Å². The van der Waals surface area contributed by atoms with Gasteiger partial charge in [0.25, 0.3) is 5.69 Å². The summed E-state index contributed by atoms with van der Waals surface area (Å²) in [5, 5.41) is 14.2. The number of benzene rings is 1. The quantitative estimate of drug-likeness (QED) is 0.178. The second-order valence-electron chi connectivity index (χ2n) is 9.62. The van der Waals surface area contributed by atoms with Crippen LogP contribution < -0.4 is 5.32 Å². The Morgan fingerprint density at radius 2 is 1.82 bits per heavy atom. The molecule has 1 amide bonds. The van der Waals surface area contributed by atoms with E-state index in [4.69, 9.17) is 4.74 Å². The number of aliphatic imine (C=N–C) groups is 1. The first-order valence-corrected chi connectivity index (χ1v) is 11.3. The highest BCUT2D eigenvalue weighted by Crippen LogP contribution is 2.32. The molecule has 1 saturated carbocycles. The third-order valence-corrected chi connectivity index (χ3v) is 5.79. The van der Waals surface area contributed by atoms with Crippen molar-refractivity contribution in [2.24, 2.45) is 10.9 Å². The fraction of sp³-hybridized carbons (Fsp3) is 0.652. The fourth-order valence-electron chi connectivity index (χ4n) is 3.91. The van der Waals surface area contributed by atoms with Crippen molar-refractivity contribution in [1.82, 2.24) is 15.1 Å². The number of carbonyl (C=O) groups excluding carboxylic acids is 1. The normalized spacial score (nSPS) is 17.2. The molecule has 3 rings (SSSR count). The van der Waals surface area contributed by atoms with E-state index < -0.39 is 10.5 Å². The Hall–Kier alpha value is -2.11. The topological polar surface area (TPSA) is 100 Å². The third-order valence-electron chi connectivity index (χ3n) is 5.79. The zero-order chi connectivity index (χ0) is 23.3. The molecule has 2 fully saturated rings. The van der Waals surface area contributed by atoms with Crippen LogP contribution in [0, 0.1) is 16.0 Å². The largest absolute Gasteiger partial charge is 0.444 e. The number of ether oxygens (including phenoxy) is 1. The standard InChI is InChI=1S/C23H35N5O4.HI/c1-23(2,3)32-22(29)27(16-18-5-6-18)19-11-13-26(14-12-19)21(24-4)25-15-17-7-9-20(10-8-17)28(30)31;/h7-10,18-19H,5-6,11-16H2,1-4H3,(H,24,25);1H. The second-order valence-corrected chi connectivity index (χ2v) is 9.62. The SMILES string of the molecule is CN=C(NCc1ccc([N+](=O)[O-])cc1)N1CCC(N(CC2CC2)C(=O)OC(C)(C)C)CC1.I. The van der Waals surface area contributed by atoms with Crippen LogP contribution in [0.15, 0.2) is 29.3 Å². The minimum atomic E-state index is -0.497. The number of piperidine rings is 1. The molecule has 1 aliphatic heterocycles. The van der Waals surface area contributed by atoms with Gasteiger partial charge in [0, 0.05) is 51.4 Å². The molecular formula is C23H36IN5O4. The first kappa shape index (κ1) is 27.1. The summed E-state index contributed by atoms with van der Waals surface area (Å²) >= 11 is 0. The summed E-state index contributed by atoms with van der Waals surface area (Å²) in [6.07, 6.45) is 3.91. The van der Waals surface area contributed by atoms with Crippen LogP contribution in [0.4, 0.5) is 10.5 Å². The summed E-state index contributed by atoms with van der Waals surface area (Å²) in [5.74, 6) is 1.41. The lowest BCUT2D eigenvalue weighted by Gasteiger charge is -2.40. The summed E-state index contributed by atoms with van der Waals surface area (Å²) in [5.41, 5.74) is 0.539. The molecule has 1 aliphatic carbocycles. The van der Waals surface area contributed by atoms with Crippen molar-refractivity contribution in [2.75, 3.05) is 26.7 Å². The van der Waals surface area contributed by atoms with Gasteiger partial charge in [-0.3, -0.25) is 15.1 Å². The molecule has 0 atom stereocenters. The molecular weight excluding hydrogens is 537 g/mol. The van der Waals surface area contributed by atoms with Crippen molar-refractivity contribution in [3.8, 4) is 0 Å². The third kappa shape index (κ3) is 8.31. The molecule has 10 heteroatoms. The Balaban J connectivity index is 0.00000385. The number of hydrogen-bond acceptors (Lipinski definition) is 5. The Morgan fingerprint density at radius 1 is 1.21 bits per heavy atom. The molecule has 33 heavy (non-hydrogen) atoms. The van der Waals surface area contributed by atoms with Crippen LogP contribution in [0.3, 0.4) is 0 Å². The zero-order valence-electron chi connectivity index (χ0n) is 20.0. The van der Waals surface area contributed by atoms with E-state index >= 15 is 0 Å². The monoisotopic (exact) mass is 573 g/mol. The van der Waals surface area contributed by atoms with E-state index in [0.717, 1.165) is 44.0 Å². The fourth-order valence-corrected chi connectivity index (χ4v) is 3.91. The van der Waals surface area contributed by atoms with Crippen LogP contribution >= 0.6 is 24.0 Å². The molecule has 1 aromatic carbocycles. The Labute approximate surface area is 213 Å². The van der Waals surface area contributed by atoms with Crippen LogP contribution in [0.25, 0.3) is 0 Å². The van der Waals surface area contributed by atoms with E-state index in [1.165, 1.54) is 25.0 Å². The second kappa shape index (κ2) is 11.8. The number of rotatable bonds is 6. The molecule has 9 nitrogen and oxygen atoms in total. The highest BCUT2D eigenvalue weighted by molar-refractivity contribution is 14.0. The highest BCUT2D eigenvalue weighted by atomic mass is 127. The minimum absolute atomic E-state index is 0. The molecule has 0 spiro atoms. The van der Waals surface area contributed by atoms with Crippen LogP contribution in [0.5, 0.6) is 0 Å². The Morgan fingerprint density at radius 3 is 2.30 bits per heavy atom. The molecule has 1 heterocycles. The van der Waals surface area contributed by atoms with Gasteiger partial charge < -0.3 is 19.9 Å². The smallest absolute Gasteiger partial charge is 0.410 e. The van der Waals surface area contributed by atoms with Gasteiger partial charge in [0.05, 0.1) is 4.92 Å². The Bertz CT molecular complexity index is 828. The minimum Gasteiger partial charge on any atom is -0.444 e. The van der Waals surface area contributed by atoms with Crippen molar-refractivity contribution in [3.05, 3.63) is 39.9 Å². The van der Waals surface area contributed by atoms with Crippen LogP contribution in [-0.4, -0.2) is 65.1 Å². The highest BCUT2D eigenvalue weighted by Gasteiger charge is 2.35. The summed E-state index contributed by atoms with van der Waals surface area (Å²) in [4.78, 5) is 31.8. The molecule has 0 aromatic heterocycles. The molecule has 1 N–H and O–H groups in total. The van der Waals surface area contributed by atoms with E-state index in [9.17, 15) is 14.9 Å². The number of carbonyl (C=O) groups is 1. The summed E-state index contributed by atoms with van der Waals surface area (Å²) < 4.78 is 5.68. The van der Waals surface area contributed by atoms with Gasteiger partial charge in [-0.1, -0.05) is 12.1 Å². The predicted molar refractivity (Wildman–Crippen MR) is 139 cm³/mol. The van der Waals surface area contributed by atoms with Gasteiger partial charge in [0.2, 0.25) is 0 Å². The number of likely N-dealkylation sites (tertiary alicyclic amines) is 1. The number of nitrogens with one attached hydrogen (secondary N) is 1. The molecule has 0 radical (unpaired) electrons. The maximum Gasteiger partial charge on any atom is 0.410 e. The Kier molecular flexibility index (Phi) is 9.74. The number of nitro groups is 1. The lowest BCUT2D eigenvalue weighted by atomic mass is 10.0. The maximum atomic E-state index is 12.8. The maximum absolute atomic E-state index is 12.8. The average Bonchev–Trinajstić information content (AvgIpc) is 3.56. The molecule has 1 saturated heterocycles. The number of hydrogen-bond donors (Lipinski definition) is 1. The van der Waals surface area contributed by atoms with Crippen LogP contribution in [0.2, 0.25) is 0 Å². The zero-order valence-corrected chi connectivity index (χ0v) is 22.3. The van der Waals surface area contributed by atoms with Crippen molar-refractivity contribution >= 4 is 41.7 Å². The number of nitro benzene ring substituents is 1. The summed E-state index contributed by atoms with van der Waals surface area (Å²) in [6.45, 7) is 8.64. The van der Waals surface area contributed by atoms with Crippen LogP contribution in [-0.2, 0) is 11.3 Å². The molecule has 1 aromatic rings. The van der Waals surface area contributed by atoms with E-state index in [2.05, 4.69) is 15.2 Å². The summed E-state index contributed by atoms with van der Waals surface area (Å²) in [7, 11) is 1.75. The molecule has 0 unspecified atom stereocenters. The van der Waals surface area contributed by atoms with E-state index in [0.29, 0.717) is 12.5 Å². The van der Waals surface area contributed by atoms with E-state index in [1.54, 1.807) is 19.2 Å². The number of amides is 1. The predicted octanol–water partition coefficient (Wildman–Crippen LogP) is 4.40. The van der Waals surface area contributed by atoms with Gasteiger partial charge in [0.1, 0.15) is 5.60 Å². The first-order chi connectivity index (χ1) is 15.2. The number of nitrogens with zero attached hydrogens (tertiary/aromatic N) is 4. The van der Waals surface area contributed by atoms with Crippen molar-refractivity contribution in [1.29, 1.82) is 0 Å². The molecule has 184 valence electrons. The van der Waals surface area contributed by atoms with Gasteiger partial charge in [-0.15, -0.1) is 24.0 Å². The lowest BCUT2D eigenvalue weighted by Crippen LogP contribution is -2.52. The summed E-state index contributed by atoms with van der Waals surface area (Å²) in [6, 6.07) is 6.70. The van der Waals surface area contributed by atoms with Gasteiger partial charge in [-0.2, -0.15) is 0 Å². The van der Waals surface area contributed by atoms with Crippen molar-refractivity contribution < 1.29 is 14.5 Å². The van der Waals surface area contributed by atoms with Gasteiger partial charge >= 0.3 is 6.09 Å². The van der Waals surface area contributed by atoms with Crippen LogP contribution in [0.1, 0.15) is 52.0 Å². The lowest BCUT2D eigenvalue weighted by molar-refractivity contribution is -0.384. The van der Waals surface area contributed by atoms with E-state index in [1.807, 2.05) is 25.7 Å². The average molecular weight is 573 g/mol. The van der Waals surface area contributed by atoms with Gasteiger partial charge in [0.15, 0.2) is 5.96 Å². The molecule has 2 aliphatic rings.